The van der Waals surface area contributed by atoms with Crippen LogP contribution < -0.4 is 10.9 Å². The van der Waals surface area contributed by atoms with E-state index in [4.69, 9.17) is 0 Å². The van der Waals surface area contributed by atoms with Gasteiger partial charge in [-0.3, -0.25) is 9.59 Å². The van der Waals surface area contributed by atoms with Gasteiger partial charge in [-0.05, 0) is 12.1 Å². The minimum atomic E-state index is -0.436. The van der Waals surface area contributed by atoms with Gasteiger partial charge in [0.2, 0.25) is 0 Å². The standard InChI is InChI=1S/C11H9N3O2S/c15-9(7-4-2-1-3-5-7)14-8-10(16)12-6-13-11(8)17/h1-6H,(H,14,15)(H2,12,13,16,17). The number of aromatic nitrogens is 2. The molecule has 2 N–H and O–H groups in total. The van der Waals surface area contributed by atoms with Crippen molar-refractivity contribution in [2.24, 2.45) is 0 Å². The zero-order valence-electron chi connectivity index (χ0n) is 8.68. The Balaban J connectivity index is 2.28. The van der Waals surface area contributed by atoms with Crippen LogP contribution in [0.25, 0.3) is 0 Å². The van der Waals surface area contributed by atoms with Crippen LogP contribution in [0, 0.1) is 0 Å². The molecular formula is C11H9N3O2S. The molecular weight excluding hydrogens is 238 g/mol. The van der Waals surface area contributed by atoms with E-state index < -0.39 is 5.56 Å². The van der Waals surface area contributed by atoms with Crippen molar-refractivity contribution in [1.29, 1.82) is 0 Å². The van der Waals surface area contributed by atoms with E-state index in [2.05, 4.69) is 27.9 Å². The topological polar surface area (TPSA) is 74.8 Å². The average Bonchev–Trinajstić information content (AvgIpc) is 2.35. The highest BCUT2D eigenvalue weighted by Crippen LogP contribution is 2.11. The molecule has 0 bridgehead atoms. The molecule has 1 amide bonds. The van der Waals surface area contributed by atoms with Gasteiger partial charge < -0.3 is 10.3 Å². The van der Waals surface area contributed by atoms with Gasteiger partial charge >= 0.3 is 0 Å². The van der Waals surface area contributed by atoms with E-state index in [1.807, 2.05) is 0 Å². The molecule has 0 atom stereocenters. The molecule has 0 saturated heterocycles. The van der Waals surface area contributed by atoms with Gasteiger partial charge in [0.15, 0.2) is 0 Å². The van der Waals surface area contributed by atoms with Gasteiger partial charge in [-0.15, -0.1) is 12.6 Å². The van der Waals surface area contributed by atoms with Gasteiger partial charge in [-0.1, -0.05) is 18.2 Å². The van der Waals surface area contributed by atoms with Crippen LogP contribution in [0.5, 0.6) is 0 Å². The number of rotatable bonds is 2. The molecule has 0 radical (unpaired) electrons. The van der Waals surface area contributed by atoms with Crippen LogP contribution in [0.3, 0.4) is 0 Å². The van der Waals surface area contributed by atoms with Gasteiger partial charge in [0.1, 0.15) is 10.7 Å². The Morgan fingerprint density at radius 2 is 2.00 bits per heavy atom. The largest absolute Gasteiger partial charge is 0.315 e. The number of amides is 1. The third-order valence-corrected chi connectivity index (χ3v) is 2.45. The number of nitrogens with zero attached hydrogens (tertiary/aromatic N) is 1. The predicted molar refractivity (Wildman–Crippen MR) is 66.5 cm³/mol. The molecule has 0 fully saturated rings. The van der Waals surface area contributed by atoms with E-state index in [0.29, 0.717) is 5.56 Å². The summed E-state index contributed by atoms with van der Waals surface area (Å²) in [5.41, 5.74) is 0.0717. The van der Waals surface area contributed by atoms with Gasteiger partial charge in [0.05, 0.1) is 6.33 Å². The second-order valence-corrected chi connectivity index (χ2v) is 3.67. The van der Waals surface area contributed by atoms with Gasteiger partial charge in [-0.25, -0.2) is 4.98 Å². The highest BCUT2D eigenvalue weighted by molar-refractivity contribution is 7.80. The van der Waals surface area contributed by atoms with Crippen molar-refractivity contribution in [3.63, 3.8) is 0 Å². The van der Waals surface area contributed by atoms with Crippen molar-refractivity contribution in [1.82, 2.24) is 9.97 Å². The van der Waals surface area contributed by atoms with E-state index in [-0.39, 0.29) is 16.6 Å². The first kappa shape index (κ1) is 11.4. The number of thiol groups is 1. The lowest BCUT2D eigenvalue weighted by molar-refractivity contribution is 0.102. The maximum atomic E-state index is 11.8. The summed E-state index contributed by atoms with van der Waals surface area (Å²) in [7, 11) is 0. The van der Waals surface area contributed by atoms with E-state index >= 15 is 0 Å². The number of H-pyrrole nitrogens is 1. The number of nitrogens with one attached hydrogen (secondary N) is 2. The number of benzene rings is 1. The van der Waals surface area contributed by atoms with Crippen molar-refractivity contribution in [2.45, 2.75) is 5.03 Å². The third kappa shape index (κ3) is 2.54. The van der Waals surface area contributed by atoms with Crippen LogP contribution in [0.4, 0.5) is 5.69 Å². The molecule has 1 aromatic carbocycles. The normalized spacial score (nSPS) is 9.94. The smallest absolute Gasteiger partial charge is 0.275 e. The lowest BCUT2D eigenvalue weighted by Gasteiger charge is -2.05. The first-order chi connectivity index (χ1) is 8.18. The molecule has 0 saturated carbocycles. The maximum Gasteiger partial charge on any atom is 0.275 e. The molecule has 2 aromatic rings. The van der Waals surface area contributed by atoms with Crippen LogP contribution in [0.15, 0.2) is 46.5 Å². The Morgan fingerprint density at radius 3 is 2.65 bits per heavy atom. The molecule has 0 unspecified atom stereocenters. The third-order valence-electron chi connectivity index (χ3n) is 2.11. The Hall–Kier alpha value is -2.08. The van der Waals surface area contributed by atoms with Crippen molar-refractivity contribution < 1.29 is 4.79 Å². The summed E-state index contributed by atoms with van der Waals surface area (Å²) in [6.07, 6.45) is 1.23. The summed E-state index contributed by atoms with van der Waals surface area (Å²) in [5.74, 6) is -0.376. The molecule has 0 aliphatic carbocycles. The average molecular weight is 247 g/mol. The molecule has 1 aromatic heterocycles. The van der Waals surface area contributed by atoms with Crippen LogP contribution in [-0.4, -0.2) is 15.9 Å². The molecule has 1 heterocycles. The first-order valence-corrected chi connectivity index (χ1v) is 5.26. The fraction of sp³-hybridized carbons (Fsp3) is 0. The van der Waals surface area contributed by atoms with Crippen LogP contribution in [-0.2, 0) is 0 Å². The summed E-state index contributed by atoms with van der Waals surface area (Å²) >= 11 is 4.01. The Morgan fingerprint density at radius 1 is 1.29 bits per heavy atom. The zero-order chi connectivity index (χ0) is 12.3. The second-order valence-electron chi connectivity index (χ2n) is 3.25. The van der Waals surface area contributed by atoms with Crippen molar-refractivity contribution in [3.05, 3.63) is 52.6 Å². The molecule has 86 valence electrons. The van der Waals surface area contributed by atoms with E-state index in [0.717, 1.165) is 0 Å². The number of hydrogen-bond acceptors (Lipinski definition) is 4. The number of carbonyl (C=O) groups excluding carboxylic acids is 1. The highest BCUT2D eigenvalue weighted by atomic mass is 32.1. The van der Waals surface area contributed by atoms with Crippen molar-refractivity contribution >= 4 is 24.2 Å². The van der Waals surface area contributed by atoms with Crippen molar-refractivity contribution in [2.75, 3.05) is 5.32 Å². The summed E-state index contributed by atoms with van der Waals surface area (Å²) < 4.78 is 0. The SMILES string of the molecule is O=C(Nc1c(S)nc[nH]c1=O)c1ccccc1. The van der Waals surface area contributed by atoms with Crippen LogP contribution in [0.2, 0.25) is 0 Å². The molecule has 17 heavy (non-hydrogen) atoms. The quantitative estimate of drug-likeness (QED) is 0.553. The lowest BCUT2D eigenvalue weighted by atomic mass is 10.2. The number of anilines is 1. The Labute approximate surface area is 102 Å². The summed E-state index contributed by atoms with van der Waals surface area (Å²) in [6.45, 7) is 0. The van der Waals surface area contributed by atoms with Gasteiger partial charge in [0, 0.05) is 5.56 Å². The monoisotopic (exact) mass is 247 g/mol. The molecule has 0 aliphatic rings. The van der Waals surface area contributed by atoms with E-state index in [1.54, 1.807) is 30.3 Å². The number of hydrogen-bond donors (Lipinski definition) is 3. The lowest BCUT2D eigenvalue weighted by Crippen LogP contribution is -2.20. The Kier molecular flexibility index (Phi) is 3.24. The minimum absolute atomic E-state index is 0.0460. The summed E-state index contributed by atoms with van der Waals surface area (Å²) in [5, 5.41) is 2.65. The molecule has 0 aliphatic heterocycles. The molecule has 5 nitrogen and oxygen atoms in total. The first-order valence-electron chi connectivity index (χ1n) is 4.81. The van der Waals surface area contributed by atoms with Crippen LogP contribution >= 0.6 is 12.6 Å². The van der Waals surface area contributed by atoms with Crippen molar-refractivity contribution in [3.8, 4) is 0 Å². The number of carbonyl (C=O) groups is 1. The highest BCUT2D eigenvalue weighted by Gasteiger charge is 2.10. The van der Waals surface area contributed by atoms with Gasteiger partial charge in [0.25, 0.3) is 11.5 Å². The van der Waals surface area contributed by atoms with Gasteiger partial charge in [-0.2, -0.15) is 0 Å². The summed E-state index contributed by atoms with van der Waals surface area (Å²) in [4.78, 5) is 29.4. The fourth-order valence-corrected chi connectivity index (χ4v) is 1.49. The number of aromatic amines is 1. The van der Waals surface area contributed by atoms with Crippen LogP contribution in [0.1, 0.15) is 10.4 Å². The van der Waals surface area contributed by atoms with E-state index in [9.17, 15) is 9.59 Å². The fourth-order valence-electron chi connectivity index (χ4n) is 1.28. The Bertz CT molecular complexity index is 595. The predicted octanol–water partition coefficient (Wildman–Crippen LogP) is 1.31. The molecule has 2 rings (SSSR count). The second kappa shape index (κ2) is 4.84. The molecule has 6 heteroatoms. The summed E-state index contributed by atoms with van der Waals surface area (Å²) in [6, 6.07) is 8.59. The van der Waals surface area contributed by atoms with E-state index in [1.165, 1.54) is 6.33 Å². The maximum absolute atomic E-state index is 11.8. The molecule has 0 spiro atoms. The minimum Gasteiger partial charge on any atom is -0.315 e. The zero-order valence-corrected chi connectivity index (χ0v) is 9.57.